The molecule has 0 fully saturated rings. The van der Waals surface area contributed by atoms with Gasteiger partial charge in [-0.1, -0.05) is 0 Å². The monoisotopic (exact) mass is 277 g/mol. The summed E-state index contributed by atoms with van der Waals surface area (Å²) < 4.78 is 23.5. The van der Waals surface area contributed by atoms with Crippen LogP contribution in [0.25, 0.3) is 0 Å². The highest BCUT2D eigenvalue weighted by Gasteiger charge is 2.17. The van der Waals surface area contributed by atoms with Crippen LogP contribution in [0.4, 0.5) is 0 Å². The van der Waals surface area contributed by atoms with E-state index in [9.17, 15) is 13.2 Å². The van der Waals surface area contributed by atoms with Gasteiger partial charge in [0.05, 0.1) is 12.7 Å². The zero-order chi connectivity index (χ0) is 13.9. The number of aryl methyl sites for hydroxylation is 1. The molecule has 0 spiro atoms. The average molecular weight is 277 g/mol. The molecule has 0 aliphatic rings. The third-order valence-corrected chi connectivity index (χ3v) is 3.13. The Hall–Kier alpha value is -1.42. The highest BCUT2D eigenvalue weighted by atomic mass is 32.2. The van der Waals surface area contributed by atoms with Gasteiger partial charge in [0.2, 0.25) is 10.0 Å². The standard InChI is InChI=1S/C9H15N3O5S/c1-12-4-7(18(10,16)17)2-8(12)9(15)11-3-6(14)5-13/h2,4,6,13-14H,3,5H2,1H3,(H,11,15)(H2,10,16,17). The van der Waals surface area contributed by atoms with E-state index in [2.05, 4.69) is 5.32 Å². The van der Waals surface area contributed by atoms with Gasteiger partial charge in [0.1, 0.15) is 10.6 Å². The number of aliphatic hydroxyl groups excluding tert-OH is 2. The van der Waals surface area contributed by atoms with E-state index in [0.717, 1.165) is 6.07 Å². The minimum atomic E-state index is -3.86. The Balaban J connectivity index is 2.84. The Bertz CT molecular complexity index is 536. The molecule has 0 aliphatic carbocycles. The van der Waals surface area contributed by atoms with Gasteiger partial charge in [-0.3, -0.25) is 4.79 Å². The zero-order valence-electron chi connectivity index (χ0n) is 9.70. The van der Waals surface area contributed by atoms with Crippen LogP contribution in [-0.4, -0.2) is 48.4 Å². The van der Waals surface area contributed by atoms with Crippen LogP contribution in [0.5, 0.6) is 0 Å². The summed E-state index contributed by atoms with van der Waals surface area (Å²) in [7, 11) is -2.37. The summed E-state index contributed by atoms with van der Waals surface area (Å²) in [5, 5.41) is 24.9. The van der Waals surface area contributed by atoms with Crippen LogP contribution in [0.3, 0.4) is 0 Å². The van der Waals surface area contributed by atoms with Gasteiger partial charge in [0.15, 0.2) is 0 Å². The Morgan fingerprint density at radius 2 is 2.22 bits per heavy atom. The molecule has 1 aromatic rings. The summed E-state index contributed by atoms with van der Waals surface area (Å²) in [6, 6.07) is 1.13. The van der Waals surface area contributed by atoms with Crippen LogP contribution < -0.4 is 10.5 Å². The number of hydrogen-bond donors (Lipinski definition) is 4. The number of nitrogens with one attached hydrogen (secondary N) is 1. The zero-order valence-corrected chi connectivity index (χ0v) is 10.5. The van der Waals surface area contributed by atoms with Crippen LogP contribution >= 0.6 is 0 Å². The van der Waals surface area contributed by atoms with Crippen molar-refractivity contribution in [1.82, 2.24) is 9.88 Å². The van der Waals surface area contributed by atoms with Crippen LogP contribution in [-0.2, 0) is 17.1 Å². The second-order valence-corrected chi connectivity index (χ2v) is 5.32. The van der Waals surface area contributed by atoms with Crippen LogP contribution in [0.1, 0.15) is 10.5 Å². The maximum Gasteiger partial charge on any atom is 0.268 e. The number of nitrogens with two attached hydrogens (primary N) is 1. The second kappa shape index (κ2) is 5.48. The minimum absolute atomic E-state index is 0.0872. The van der Waals surface area contributed by atoms with E-state index in [1.54, 1.807) is 0 Å². The molecule has 0 radical (unpaired) electrons. The van der Waals surface area contributed by atoms with Crippen molar-refractivity contribution in [3.05, 3.63) is 18.0 Å². The SMILES string of the molecule is Cn1cc(S(N)(=O)=O)cc1C(=O)NCC(O)CO. The molecule has 0 bridgehead atoms. The number of carbonyl (C=O) groups excluding carboxylic acids is 1. The van der Waals surface area contributed by atoms with E-state index in [0.29, 0.717) is 0 Å². The van der Waals surface area contributed by atoms with Crippen LogP contribution in [0.15, 0.2) is 17.2 Å². The summed E-state index contributed by atoms with van der Waals surface area (Å²) in [5.74, 6) is -0.570. The summed E-state index contributed by atoms with van der Waals surface area (Å²) >= 11 is 0. The van der Waals surface area contributed by atoms with Crippen molar-refractivity contribution >= 4 is 15.9 Å². The lowest BCUT2D eigenvalue weighted by atomic mass is 10.3. The number of amides is 1. The summed E-state index contributed by atoms with van der Waals surface area (Å²) in [6.07, 6.45) is 0.152. The number of carbonyl (C=O) groups is 1. The van der Waals surface area contributed by atoms with E-state index in [4.69, 9.17) is 15.4 Å². The van der Waals surface area contributed by atoms with Gasteiger partial charge >= 0.3 is 0 Å². The molecule has 1 aromatic heterocycles. The highest BCUT2D eigenvalue weighted by molar-refractivity contribution is 7.89. The molecule has 0 saturated carbocycles. The molecule has 9 heteroatoms. The third kappa shape index (κ3) is 3.53. The van der Waals surface area contributed by atoms with Gasteiger partial charge < -0.3 is 20.1 Å². The molecular weight excluding hydrogens is 262 g/mol. The van der Waals surface area contributed by atoms with Crippen molar-refractivity contribution in [2.24, 2.45) is 12.2 Å². The molecule has 1 heterocycles. The van der Waals surface area contributed by atoms with E-state index >= 15 is 0 Å². The third-order valence-electron chi connectivity index (χ3n) is 2.25. The Morgan fingerprint density at radius 1 is 1.61 bits per heavy atom. The summed E-state index contributed by atoms with van der Waals surface area (Å²) in [4.78, 5) is 11.5. The van der Waals surface area contributed by atoms with Gasteiger partial charge in [0, 0.05) is 19.8 Å². The fraction of sp³-hybridized carbons (Fsp3) is 0.444. The number of aromatic nitrogens is 1. The predicted octanol–water partition coefficient (Wildman–Crippen LogP) is -2.24. The highest BCUT2D eigenvalue weighted by Crippen LogP contribution is 2.11. The molecule has 102 valence electrons. The number of rotatable bonds is 5. The summed E-state index contributed by atoms with van der Waals surface area (Å²) in [5.41, 5.74) is 0.0872. The van der Waals surface area contributed by atoms with E-state index in [1.165, 1.54) is 17.8 Å². The average Bonchev–Trinajstić information content (AvgIpc) is 2.67. The van der Waals surface area contributed by atoms with Gasteiger partial charge in [0.25, 0.3) is 5.91 Å². The molecule has 1 atom stereocenters. The number of aliphatic hydroxyl groups is 2. The van der Waals surface area contributed by atoms with Gasteiger partial charge in [-0.05, 0) is 6.07 Å². The normalized spacial score (nSPS) is 13.3. The molecule has 8 nitrogen and oxygen atoms in total. The molecule has 1 unspecified atom stereocenters. The lowest BCUT2D eigenvalue weighted by Crippen LogP contribution is -2.34. The first-order chi connectivity index (χ1) is 8.25. The Morgan fingerprint density at radius 3 is 2.67 bits per heavy atom. The first kappa shape index (κ1) is 14.6. The van der Waals surface area contributed by atoms with Crippen molar-refractivity contribution in [2.75, 3.05) is 13.2 Å². The molecule has 18 heavy (non-hydrogen) atoms. The second-order valence-electron chi connectivity index (χ2n) is 3.76. The largest absolute Gasteiger partial charge is 0.394 e. The molecule has 1 amide bonds. The van der Waals surface area contributed by atoms with E-state index in [1.807, 2.05) is 0 Å². The predicted molar refractivity (Wildman–Crippen MR) is 62.2 cm³/mol. The van der Waals surface area contributed by atoms with E-state index in [-0.39, 0.29) is 17.1 Å². The van der Waals surface area contributed by atoms with Crippen LogP contribution in [0.2, 0.25) is 0 Å². The lowest BCUT2D eigenvalue weighted by molar-refractivity contribution is 0.0796. The molecule has 5 N–H and O–H groups in total. The molecule has 0 aromatic carbocycles. The minimum Gasteiger partial charge on any atom is -0.394 e. The Labute approximate surface area is 104 Å². The number of primary sulfonamides is 1. The fourth-order valence-electron chi connectivity index (χ4n) is 1.28. The van der Waals surface area contributed by atoms with Gasteiger partial charge in [-0.25, -0.2) is 13.6 Å². The first-order valence-corrected chi connectivity index (χ1v) is 6.56. The smallest absolute Gasteiger partial charge is 0.268 e. The van der Waals surface area contributed by atoms with Crippen LogP contribution in [0, 0.1) is 0 Å². The van der Waals surface area contributed by atoms with Crippen molar-refractivity contribution in [3.63, 3.8) is 0 Å². The maximum atomic E-state index is 11.7. The van der Waals surface area contributed by atoms with Crippen molar-refractivity contribution in [2.45, 2.75) is 11.0 Å². The molecule has 0 aliphatic heterocycles. The first-order valence-electron chi connectivity index (χ1n) is 5.02. The number of sulfonamides is 1. The van der Waals surface area contributed by atoms with Crippen molar-refractivity contribution in [3.8, 4) is 0 Å². The fourth-order valence-corrected chi connectivity index (χ4v) is 1.86. The molecular formula is C9H15N3O5S. The van der Waals surface area contributed by atoms with Gasteiger partial charge in [-0.15, -0.1) is 0 Å². The number of nitrogens with zero attached hydrogens (tertiary/aromatic N) is 1. The number of hydrogen-bond acceptors (Lipinski definition) is 5. The molecule has 1 rings (SSSR count). The summed E-state index contributed by atoms with van der Waals surface area (Å²) in [6.45, 7) is -0.610. The van der Waals surface area contributed by atoms with E-state index < -0.39 is 28.6 Å². The Kier molecular flexibility index (Phi) is 4.46. The van der Waals surface area contributed by atoms with Crippen molar-refractivity contribution < 1.29 is 23.4 Å². The van der Waals surface area contributed by atoms with Gasteiger partial charge in [-0.2, -0.15) is 0 Å². The lowest BCUT2D eigenvalue weighted by Gasteiger charge is -2.09. The topological polar surface area (TPSA) is 135 Å². The van der Waals surface area contributed by atoms with Crippen molar-refractivity contribution in [1.29, 1.82) is 0 Å². The molecule has 0 saturated heterocycles. The quantitative estimate of drug-likeness (QED) is 0.482. The maximum absolute atomic E-state index is 11.7.